The van der Waals surface area contributed by atoms with E-state index in [9.17, 15) is 0 Å². The molecule has 0 saturated carbocycles. The SMILES string of the molecule is Cc1ccc(-c2ccc(N(c3ccc4c(c3)C(C)(C)c3ccccc3-4)c3ccc4c(c3)C3(c5ccccc5-c5ccccc53)c3ccc(-c5ccc(-c6ccccc6)cc5)cc3-4)cc2)cc1. The molecule has 0 atom stereocenters. The van der Waals surface area contributed by atoms with Gasteiger partial charge in [0, 0.05) is 22.5 Å². The molecule has 3 aliphatic rings. The van der Waals surface area contributed by atoms with Crippen molar-refractivity contribution in [2.75, 3.05) is 4.90 Å². The predicted octanol–water partition coefficient (Wildman–Crippen LogP) is 17.1. The Morgan fingerprint density at radius 2 is 0.667 bits per heavy atom. The summed E-state index contributed by atoms with van der Waals surface area (Å²) in [6.45, 7) is 6.89. The number of fused-ring (bicyclic) bond motifs is 13. The van der Waals surface area contributed by atoms with Gasteiger partial charge in [0.2, 0.25) is 0 Å². The lowest BCUT2D eigenvalue weighted by Crippen LogP contribution is -2.26. The van der Waals surface area contributed by atoms with Crippen molar-refractivity contribution < 1.29 is 0 Å². The van der Waals surface area contributed by atoms with Gasteiger partial charge in [-0.05, 0) is 150 Å². The van der Waals surface area contributed by atoms with E-state index in [-0.39, 0.29) is 5.41 Å². The van der Waals surface area contributed by atoms with E-state index in [1.165, 1.54) is 106 Å². The molecule has 312 valence electrons. The van der Waals surface area contributed by atoms with Crippen molar-refractivity contribution >= 4 is 17.1 Å². The van der Waals surface area contributed by atoms with Crippen LogP contribution in [0, 0.1) is 6.92 Å². The molecule has 0 saturated heterocycles. The molecular formula is C65H47N. The minimum absolute atomic E-state index is 0.136. The molecule has 1 heteroatoms. The Kier molecular flexibility index (Phi) is 8.45. The summed E-state index contributed by atoms with van der Waals surface area (Å²) in [5.74, 6) is 0. The lowest BCUT2D eigenvalue weighted by Gasteiger charge is -2.32. The maximum Gasteiger partial charge on any atom is 0.0726 e. The molecule has 0 aromatic heterocycles. The zero-order valence-corrected chi connectivity index (χ0v) is 37.4. The molecule has 66 heavy (non-hydrogen) atoms. The molecule has 1 spiro atoms. The second kappa shape index (κ2) is 14.5. The average molecular weight is 842 g/mol. The van der Waals surface area contributed by atoms with Gasteiger partial charge in [-0.1, -0.05) is 207 Å². The second-order valence-electron chi connectivity index (χ2n) is 18.9. The second-order valence-corrected chi connectivity index (χ2v) is 18.9. The molecule has 0 amide bonds. The van der Waals surface area contributed by atoms with Gasteiger partial charge >= 0.3 is 0 Å². The fourth-order valence-corrected chi connectivity index (χ4v) is 11.8. The van der Waals surface area contributed by atoms with Gasteiger partial charge in [0.15, 0.2) is 0 Å². The van der Waals surface area contributed by atoms with Crippen LogP contribution in [-0.2, 0) is 10.8 Å². The zero-order valence-electron chi connectivity index (χ0n) is 37.4. The third-order valence-corrected chi connectivity index (χ3v) is 15.0. The van der Waals surface area contributed by atoms with Gasteiger partial charge < -0.3 is 4.90 Å². The summed E-state index contributed by atoms with van der Waals surface area (Å²) in [7, 11) is 0. The summed E-state index contributed by atoms with van der Waals surface area (Å²) in [4.78, 5) is 2.49. The van der Waals surface area contributed by atoms with Crippen LogP contribution in [-0.4, -0.2) is 0 Å². The molecule has 0 heterocycles. The van der Waals surface area contributed by atoms with E-state index in [1.807, 2.05) is 0 Å². The van der Waals surface area contributed by atoms with Crippen LogP contribution >= 0.6 is 0 Å². The highest BCUT2D eigenvalue weighted by Crippen LogP contribution is 2.64. The fourth-order valence-electron chi connectivity index (χ4n) is 11.8. The Labute approximate surface area is 388 Å². The van der Waals surface area contributed by atoms with Gasteiger partial charge in [0.1, 0.15) is 0 Å². The number of aryl methyl sites for hydroxylation is 1. The Bertz CT molecular complexity index is 3490. The van der Waals surface area contributed by atoms with Crippen LogP contribution in [0.4, 0.5) is 17.1 Å². The predicted molar refractivity (Wildman–Crippen MR) is 276 cm³/mol. The molecule has 10 aromatic rings. The van der Waals surface area contributed by atoms with E-state index in [4.69, 9.17) is 0 Å². The Balaban J connectivity index is 1.02. The monoisotopic (exact) mass is 841 g/mol. The molecule has 1 nitrogen and oxygen atoms in total. The van der Waals surface area contributed by atoms with Crippen molar-refractivity contribution in [3.63, 3.8) is 0 Å². The first-order valence-corrected chi connectivity index (χ1v) is 23.2. The molecule has 0 aliphatic heterocycles. The summed E-state index contributed by atoms with van der Waals surface area (Å²) in [6, 6.07) is 86.5. The minimum Gasteiger partial charge on any atom is -0.310 e. The van der Waals surface area contributed by atoms with Crippen LogP contribution in [0.2, 0.25) is 0 Å². The normalized spacial score (nSPS) is 13.9. The van der Waals surface area contributed by atoms with Gasteiger partial charge in [0.25, 0.3) is 0 Å². The lowest BCUT2D eigenvalue weighted by molar-refractivity contribution is 0.660. The fraction of sp³-hybridized carbons (Fsp3) is 0.0769. The molecule has 0 radical (unpaired) electrons. The number of rotatable bonds is 6. The van der Waals surface area contributed by atoms with Crippen LogP contribution in [0.25, 0.3) is 66.8 Å². The largest absolute Gasteiger partial charge is 0.310 e. The topological polar surface area (TPSA) is 3.24 Å². The van der Waals surface area contributed by atoms with Crippen LogP contribution < -0.4 is 4.90 Å². The summed E-state index contributed by atoms with van der Waals surface area (Å²) in [6.07, 6.45) is 0. The summed E-state index contributed by atoms with van der Waals surface area (Å²) < 4.78 is 0. The van der Waals surface area contributed by atoms with Gasteiger partial charge in [0.05, 0.1) is 5.41 Å². The van der Waals surface area contributed by atoms with Crippen LogP contribution in [0.1, 0.15) is 52.8 Å². The first-order valence-electron chi connectivity index (χ1n) is 23.2. The van der Waals surface area contributed by atoms with Gasteiger partial charge in [-0.3, -0.25) is 0 Å². The molecule has 10 aromatic carbocycles. The summed E-state index contributed by atoms with van der Waals surface area (Å²) >= 11 is 0. The van der Waals surface area contributed by atoms with Crippen molar-refractivity contribution in [2.24, 2.45) is 0 Å². The Morgan fingerprint density at radius 3 is 1.27 bits per heavy atom. The maximum atomic E-state index is 2.52. The Morgan fingerprint density at radius 1 is 0.273 bits per heavy atom. The smallest absolute Gasteiger partial charge is 0.0726 e. The van der Waals surface area contributed by atoms with E-state index in [0.717, 1.165) is 17.1 Å². The third-order valence-electron chi connectivity index (χ3n) is 15.0. The zero-order chi connectivity index (χ0) is 44.1. The number of hydrogen-bond donors (Lipinski definition) is 0. The number of hydrogen-bond acceptors (Lipinski definition) is 1. The maximum absolute atomic E-state index is 2.52. The third kappa shape index (κ3) is 5.60. The van der Waals surface area contributed by atoms with Crippen molar-refractivity contribution in [1.29, 1.82) is 0 Å². The number of benzene rings is 10. The first kappa shape index (κ1) is 38.5. The van der Waals surface area contributed by atoms with Gasteiger partial charge in [-0.2, -0.15) is 0 Å². The van der Waals surface area contributed by atoms with Crippen LogP contribution in [0.3, 0.4) is 0 Å². The van der Waals surface area contributed by atoms with Crippen molar-refractivity contribution in [3.05, 3.63) is 269 Å². The molecule has 3 aliphatic carbocycles. The number of anilines is 3. The van der Waals surface area contributed by atoms with E-state index < -0.39 is 5.41 Å². The summed E-state index contributed by atoms with van der Waals surface area (Å²) in [5, 5.41) is 0. The molecular weight excluding hydrogens is 795 g/mol. The van der Waals surface area contributed by atoms with Gasteiger partial charge in [-0.25, -0.2) is 0 Å². The average Bonchev–Trinajstić information content (AvgIpc) is 3.92. The van der Waals surface area contributed by atoms with E-state index in [2.05, 4.69) is 256 Å². The van der Waals surface area contributed by atoms with Crippen molar-refractivity contribution in [2.45, 2.75) is 31.6 Å². The standard InChI is InChI=1S/C65H47N/c1-42-21-23-44(24-22-42)46-29-32-49(33-30-46)66(50-34-36-55-52-15-7-10-18-58(52)64(2,3)62(55)40-50)51-35-37-56-57-39-48(47-27-25-45(26-28-47)43-13-5-4-6-14-43)31-38-61(57)65(63(56)41-51)59-19-11-8-16-53(59)54-17-9-12-20-60(54)65/h4-41H,1-3H3. The minimum atomic E-state index is -0.494. The van der Waals surface area contributed by atoms with E-state index >= 15 is 0 Å². The molecule has 0 fully saturated rings. The quantitative estimate of drug-likeness (QED) is 0.161. The first-order chi connectivity index (χ1) is 32.4. The van der Waals surface area contributed by atoms with Crippen LogP contribution in [0.15, 0.2) is 231 Å². The molecule has 13 rings (SSSR count). The highest BCUT2D eigenvalue weighted by molar-refractivity contribution is 5.98. The summed E-state index contributed by atoms with van der Waals surface area (Å²) in [5.41, 5.74) is 27.3. The highest BCUT2D eigenvalue weighted by atomic mass is 15.1. The van der Waals surface area contributed by atoms with Crippen molar-refractivity contribution in [3.8, 4) is 66.8 Å². The Hall–Kier alpha value is -8.00. The number of nitrogens with zero attached hydrogens (tertiary/aromatic N) is 1. The van der Waals surface area contributed by atoms with Gasteiger partial charge in [-0.15, -0.1) is 0 Å². The highest BCUT2D eigenvalue weighted by Gasteiger charge is 2.52. The molecule has 0 bridgehead atoms. The molecule has 0 unspecified atom stereocenters. The van der Waals surface area contributed by atoms with Crippen molar-refractivity contribution in [1.82, 2.24) is 0 Å². The molecule has 0 N–H and O–H groups in total. The van der Waals surface area contributed by atoms with E-state index in [0.29, 0.717) is 0 Å². The van der Waals surface area contributed by atoms with E-state index in [1.54, 1.807) is 0 Å². The van der Waals surface area contributed by atoms with Crippen LogP contribution in [0.5, 0.6) is 0 Å². The lowest BCUT2D eigenvalue weighted by atomic mass is 9.70.